The minimum atomic E-state index is 0. The maximum Gasteiger partial charge on any atom is -0.0134 e. The van der Waals surface area contributed by atoms with Gasteiger partial charge in [0.05, 0.1) is 0 Å². The fourth-order valence-electron chi connectivity index (χ4n) is 2.10. The zero-order chi connectivity index (χ0) is 11.5. The normalized spacial score (nSPS) is 13.4. The maximum atomic E-state index is 2.32. The van der Waals surface area contributed by atoms with Crippen LogP contribution in [0.1, 0.15) is 59.9 Å². The molecule has 1 atom stereocenters. The average Bonchev–Trinajstić information content (AvgIpc) is 2.14. The molecule has 16 heavy (non-hydrogen) atoms. The van der Waals surface area contributed by atoms with Gasteiger partial charge in [-0.2, -0.15) is 0 Å². The summed E-state index contributed by atoms with van der Waals surface area (Å²) in [5.41, 5.74) is 1.90. The topological polar surface area (TPSA) is 0 Å². The van der Waals surface area contributed by atoms with E-state index in [-0.39, 0.29) is 7.43 Å². The first-order valence-corrected chi connectivity index (χ1v) is 5.95. The Balaban J connectivity index is 0.00000225. The Morgan fingerprint density at radius 1 is 1.00 bits per heavy atom. The van der Waals surface area contributed by atoms with Crippen molar-refractivity contribution < 1.29 is 0 Å². The van der Waals surface area contributed by atoms with E-state index in [0.29, 0.717) is 17.3 Å². The van der Waals surface area contributed by atoms with Gasteiger partial charge in [-0.05, 0) is 29.2 Å². The molecule has 0 saturated heterocycles. The first-order valence-electron chi connectivity index (χ1n) is 5.95. The summed E-state index contributed by atoms with van der Waals surface area (Å²) in [7, 11) is 0. The van der Waals surface area contributed by atoms with Gasteiger partial charge in [0.25, 0.3) is 0 Å². The van der Waals surface area contributed by atoms with Crippen LogP contribution in [0.3, 0.4) is 0 Å². The molecule has 0 heteroatoms. The number of rotatable bonds is 3. The standard InChI is InChI=1S/C15H24.CH4/c1-12(2)14(11-15(3,4)5)13-9-7-6-8-10-13;/h6-10,12,14H,11H2,1-5H3;1H4. The summed E-state index contributed by atoms with van der Waals surface area (Å²) in [6, 6.07) is 10.9. The molecule has 92 valence electrons. The number of hydrogen-bond acceptors (Lipinski definition) is 0. The van der Waals surface area contributed by atoms with Crippen LogP contribution >= 0.6 is 0 Å². The molecule has 0 amide bonds. The molecule has 1 rings (SSSR count). The Morgan fingerprint density at radius 3 is 1.88 bits per heavy atom. The lowest BCUT2D eigenvalue weighted by Gasteiger charge is -2.29. The highest BCUT2D eigenvalue weighted by Crippen LogP contribution is 2.35. The molecule has 0 saturated carbocycles. The Hall–Kier alpha value is -0.780. The second kappa shape index (κ2) is 6.08. The molecule has 0 aromatic heterocycles. The second-order valence-electron chi connectivity index (χ2n) is 6.03. The molecular weight excluding hydrogens is 192 g/mol. The van der Waals surface area contributed by atoms with Crippen molar-refractivity contribution in [3.63, 3.8) is 0 Å². The predicted molar refractivity (Wildman–Crippen MR) is 74.8 cm³/mol. The molecule has 0 radical (unpaired) electrons. The third-order valence-electron chi connectivity index (χ3n) is 2.86. The molecule has 0 fully saturated rings. The highest BCUT2D eigenvalue weighted by atomic mass is 14.3. The van der Waals surface area contributed by atoms with Crippen molar-refractivity contribution in [2.45, 2.75) is 54.4 Å². The molecule has 1 unspecified atom stereocenters. The van der Waals surface area contributed by atoms with Crippen LogP contribution in [0.4, 0.5) is 0 Å². The molecule has 1 aromatic rings. The number of hydrogen-bond donors (Lipinski definition) is 0. The van der Waals surface area contributed by atoms with E-state index in [1.165, 1.54) is 12.0 Å². The van der Waals surface area contributed by atoms with Crippen molar-refractivity contribution in [2.24, 2.45) is 11.3 Å². The molecule has 0 aliphatic heterocycles. The summed E-state index contributed by atoms with van der Waals surface area (Å²) in [4.78, 5) is 0. The summed E-state index contributed by atoms with van der Waals surface area (Å²) >= 11 is 0. The van der Waals surface area contributed by atoms with Gasteiger partial charge in [-0.15, -0.1) is 0 Å². The van der Waals surface area contributed by atoms with Crippen LogP contribution in [0.2, 0.25) is 0 Å². The first-order chi connectivity index (χ1) is 6.90. The lowest BCUT2D eigenvalue weighted by Crippen LogP contribution is -2.16. The molecule has 0 aliphatic carbocycles. The van der Waals surface area contributed by atoms with Crippen LogP contribution in [0.15, 0.2) is 30.3 Å². The van der Waals surface area contributed by atoms with E-state index in [9.17, 15) is 0 Å². The number of benzene rings is 1. The van der Waals surface area contributed by atoms with Crippen LogP contribution in [0.25, 0.3) is 0 Å². The summed E-state index contributed by atoms with van der Waals surface area (Å²) < 4.78 is 0. The zero-order valence-corrected chi connectivity index (χ0v) is 10.7. The highest BCUT2D eigenvalue weighted by Gasteiger charge is 2.22. The molecule has 0 N–H and O–H groups in total. The van der Waals surface area contributed by atoms with Gasteiger partial charge in [-0.1, -0.05) is 72.4 Å². The van der Waals surface area contributed by atoms with E-state index < -0.39 is 0 Å². The van der Waals surface area contributed by atoms with Crippen LogP contribution < -0.4 is 0 Å². The lowest BCUT2D eigenvalue weighted by atomic mass is 9.76. The van der Waals surface area contributed by atoms with Gasteiger partial charge in [-0.25, -0.2) is 0 Å². The Bertz CT molecular complexity index is 277. The summed E-state index contributed by atoms with van der Waals surface area (Å²) in [5.74, 6) is 1.40. The molecule has 0 nitrogen and oxygen atoms in total. The van der Waals surface area contributed by atoms with Gasteiger partial charge in [0.15, 0.2) is 0 Å². The first kappa shape index (κ1) is 15.2. The minimum absolute atomic E-state index is 0. The molecule has 0 aliphatic rings. The summed E-state index contributed by atoms with van der Waals surface area (Å²) in [5, 5.41) is 0. The maximum absolute atomic E-state index is 2.32. The van der Waals surface area contributed by atoms with E-state index >= 15 is 0 Å². The van der Waals surface area contributed by atoms with Gasteiger partial charge in [0.2, 0.25) is 0 Å². The van der Waals surface area contributed by atoms with Crippen molar-refractivity contribution in [3.8, 4) is 0 Å². The third-order valence-corrected chi connectivity index (χ3v) is 2.86. The van der Waals surface area contributed by atoms with Crippen LogP contribution in [0, 0.1) is 11.3 Å². The van der Waals surface area contributed by atoms with Crippen molar-refractivity contribution in [1.82, 2.24) is 0 Å². The van der Waals surface area contributed by atoms with Gasteiger partial charge < -0.3 is 0 Å². The predicted octanol–water partition coefficient (Wildman–Crippen LogP) is 5.50. The lowest BCUT2D eigenvalue weighted by molar-refractivity contribution is 0.301. The highest BCUT2D eigenvalue weighted by molar-refractivity contribution is 5.20. The average molecular weight is 220 g/mol. The van der Waals surface area contributed by atoms with Crippen molar-refractivity contribution in [1.29, 1.82) is 0 Å². The monoisotopic (exact) mass is 220 g/mol. The fraction of sp³-hybridized carbons (Fsp3) is 0.625. The second-order valence-corrected chi connectivity index (χ2v) is 6.03. The van der Waals surface area contributed by atoms with E-state index in [1.54, 1.807) is 0 Å². The zero-order valence-electron chi connectivity index (χ0n) is 10.7. The quantitative estimate of drug-likeness (QED) is 0.631. The SMILES string of the molecule is C.CC(C)C(CC(C)(C)C)c1ccccc1. The van der Waals surface area contributed by atoms with Gasteiger partial charge >= 0.3 is 0 Å². The smallest absolute Gasteiger partial charge is 0.0134 e. The fourth-order valence-corrected chi connectivity index (χ4v) is 2.10. The minimum Gasteiger partial charge on any atom is -0.0776 e. The van der Waals surface area contributed by atoms with E-state index in [4.69, 9.17) is 0 Å². The Kier molecular flexibility index (Phi) is 5.78. The van der Waals surface area contributed by atoms with E-state index in [1.807, 2.05) is 0 Å². The van der Waals surface area contributed by atoms with E-state index in [2.05, 4.69) is 65.0 Å². The Labute approximate surface area is 102 Å². The largest absolute Gasteiger partial charge is 0.0776 e. The van der Waals surface area contributed by atoms with Crippen LogP contribution in [0.5, 0.6) is 0 Å². The molecule has 0 spiro atoms. The van der Waals surface area contributed by atoms with Crippen LogP contribution in [-0.2, 0) is 0 Å². The third kappa shape index (κ3) is 4.83. The molecule has 0 heterocycles. The van der Waals surface area contributed by atoms with Gasteiger partial charge in [0, 0.05) is 0 Å². The molecular formula is C16H28. The summed E-state index contributed by atoms with van der Waals surface area (Å²) in [6.45, 7) is 11.6. The van der Waals surface area contributed by atoms with Crippen molar-refractivity contribution >= 4 is 0 Å². The summed E-state index contributed by atoms with van der Waals surface area (Å²) in [6.07, 6.45) is 1.26. The van der Waals surface area contributed by atoms with Crippen molar-refractivity contribution in [2.75, 3.05) is 0 Å². The van der Waals surface area contributed by atoms with E-state index in [0.717, 1.165) is 0 Å². The van der Waals surface area contributed by atoms with Gasteiger partial charge in [0.1, 0.15) is 0 Å². The van der Waals surface area contributed by atoms with Gasteiger partial charge in [-0.3, -0.25) is 0 Å². The Morgan fingerprint density at radius 2 is 1.50 bits per heavy atom. The molecule has 0 bridgehead atoms. The van der Waals surface area contributed by atoms with Crippen LogP contribution in [-0.4, -0.2) is 0 Å². The molecule has 1 aromatic carbocycles. The van der Waals surface area contributed by atoms with Crippen molar-refractivity contribution in [3.05, 3.63) is 35.9 Å².